The van der Waals surface area contributed by atoms with Crippen LogP contribution in [0, 0.1) is 0 Å². The molecule has 2 atom stereocenters. The Bertz CT molecular complexity index is 652. The van der Waals surface area contributed by atoms with E-state index in [-0.39, 0.29) is 11.9 Å². The summed E-state index contributed by atoms with van der Waals surface area (Å²) in [6.45, 7) is 5.70. The first-order valence-corrected chi connectivity index (χ1v) is 9.32. The summed E-state index contributed by atoms with van der Waals surface area (Å²) in [5, 5.41) is 4.31. The Kier molecular flexibility index (Phi) is 5.13. The minimum absolute atomic E-state index is 0.0732. The summed E-state index contributed by atoms with van der Waals surface area (Å²) in [6.07, 6.45) is 2.06. The second-order valence-electron chi connectivity index (χ2n) is 6.27. The van der Waals surface area contributed by atoms with Crippen LogP contribution in [0.25, 0.3) is 0 Å². The molecule has 0 aliphatic carbocycles. The van der Waals surface area contributed by atoms with E-state index in [2.05, 4.69) is 59.8 Å². The summed E-state index contributed by atoms with van der Waals surface area (Å²) in [6, 6.07) is 13.2. The van der Waals surface area contributed by atoms with Gasteiger partial charge in [0.15, 0.2) is 6.54 Å². The third-order valence-electron chi connectivity index (χ3n) is 4.74. The molecule has 4 heteroatoms. The number of hydrogen-bond donors (Lipinski definition) is 1. The van der Waals surface area contributed by atoms with E-state index in [1.165, 1.54) is 16.0 Å². The molecule has 0 bridgehead atoms. The topological polar surface area (TPSA) is 36.9 Å². The summed E-state index contributed by atoms with van der Waals surface area (Å²) in [4.78, 5) is 16.3. The van der Waals surface area contributed by atoms with Crippen molar-refractivity contribution < 1.29 is 10.1 Å². The predicted octanol–water partition coefficient (Wildman–Crippen LogP) is 2.58. The second kappa shape index (κ2) is 7.28. The monoisotopic (exact) mass is 329 g/mol. The van der Waals surface area contributed by atoms with Gasteiger partial charge in [-0.2, -0.15) is 0 Å². The van der Waals surface area contributed by atoms with E-state index < -0.39 is 0 Å². The lowest BCUT2D eigenvalue weighted by atomic mass is 9.93. The van der Waals surface area contributed by atoms with E-state index in [1.54, 1.807) is 0 Å². The van der Waals surface area contributed by atoms with Crippen molar-refractivity contribution in [2.45, 2.75) is 38.8 Å². The Labute approximate surface area is 142 Å². The smallest absolute Gasteiger partial charge is 0.278 e. The van der Waals surface area contributed by atoms with Crippen LogP contribution in [-0.4, -0.2) is 29.9 Å². The number of benzene rings is 1. The van der Waals surface area contributed by atoms with Gasteiger partial charge in [-0.05, 0) is 42.3 Å². The molecule has 2 aromatic rings. The quantitative estimate of drug-likeness (QED) is 0.899. The summed E-state index contributed by atoms with van der Waals surface area (Å²) in [5.41, 5.74) is 2.52. The fourth-order valence-corrected chi connectivity index (χ4v) is 4.07. The molecule has 1 aromatic heterocycles. The molecule has 122 valence electrons. The lowest BCUT2D eigenvalue weighted by Gasteiger charge is -2.36. The van der Waals surface area contributed by atoms with Gasteiger partial charge in [-0.1, -0.05) is 37.3 Å². The van der Waals surface area contributed by atoms with Crippen LogP contribution in [0.15, 0.2) is 41.8 Å². The first kappa shape index (κ1) is 16.2. The van der Waals surface area contributed by atoms with Gasteiger partial charge in [-0.15, -0.1) is 11.3 Å². The molecule has 1 amide bonds. The van der Waals surface area contributed by atoms with Gasteiger partial charge in [-0.3, -0.25) is 4.79 Å². The Hall–Kier alpha value is -1.65. The fraction of sp³-hybridized carbons (Fsp3) is 0.421. The van der Waals surface area contributed by atoms with Crippen molar-refractivity contribution in [3.8, 4) is 0 Å². The summed E-state index contributed by atoms with van der Waals surface area (Å²) in [7, 11) is 0. The van der Waals surface area contributed by atoms with Gasteiger partial charge in [0.05, 0.1) is 12.1 Å². The number of rotatable bonds is 5. The van der Waals surface area contributed by atoms with Crippen LogP contribution < -0.4 is 5.32 Å². The molecule has 0 spiro atoms. The van der Waals surface area contributed by atoms with Crippen LogP contribution in [0.5, 0.6) is 0 Å². The highest BCUT2D eigenvalue weighted by atomic mass is 32.1. The van der Waals surface area contributed by atoms with Gasteiger partial charge in [0.25, 0.3) is 5.91 Å². The van der Waals surface area contributed by atoms with Crippen molar-refractivity contribution in [3.63, 3.8) is 0 Å². The molecule has 3 nitrogen and oxygen atoms in total. The van der Waals surface area contributed by atoms with E-state index in [0.717, 1.165) is 19.4 Å². The van der Waals surface area contributed by atoms with E-state index in [4.69, 9.17) is 0 Å². The van der Waals surface area contributed by atoms with E-state index in [9.17, 15) is 4.79 Å². The highest BCUT2D eigenvalue weighted by Gasteiger charge is 2.33. The molecule has 3 rings (SSSR count). The Morgan fingerprint density at radius 2 is 2.13 bits per heavy atom. The minimum atomic E-state index is 0.0732. The van der Waals surface area contributed by atoms with Crippen LogP contribution in [-0.2, 0) is 11.2 Å². The van der Waals surface area contributed by atoms with Crippen LogP contribution in [0.4, 0.5) is 0 Å². The number of carbonyl (C=O) groups is 1. The standard InChI is InChI=1S/C19H24N2OS/c1-3-14(2)20-13-18(22)21-11-9-17-16(10-12-23-17)19(21)15-7-5-4-6-8-15/h4-8,10,12,14,19-20H,3,9,11,13H2,1-2H3/p+1/t14-,19-/m1/s1. The molecule has 0 fully saturated rings. The molecule has 0 saturated heterocycles. The van der Waals surface area contributed by atoms with Crippen molar-refractivity contribution in [1.82, 2.24) is 4.90 Å². The van der Waals surface area contributed by atoms with Gasteiger partial charge in [-0.25, -0.2) is 0 Å². The Morgan fingerprint density at radius 1 is 1.35 bits per heavy atom. The Balaban J connectivity index is 1.85. The molecule has 0 unspecified atom stereocenters. The fourth-order valence-electron chi connectivity index (χ4n) is 3.17. The maximum Gasteiger partial charge on any atom is 0.278 e. The molecule has 2 N–H and O–H groups in total. The average Bonchev–Trinajstić information content (AvgIpc) is 3.07. The van der Waals surface area contributed by atoms with Crippen molar-refractivity contribution >= 4 is 17.2 Å². The molecule has 2 heterocycles. The van der Waals surface area contributed by atoms with Gasteiger partial charge in [0.1, 0.15) is 0 Å². The van der Waals surface area contributed by atoms with Crippen LogP contribution >= 0.6 is 11.3 Å². The number of hydrogen-bond acceptors (Lipinski definition) is 2. The summed E-state index contributed by atoms with van der Waals surface area (Å²) < 4.78 is 0. The summed E-state index contributed by atoms with van der Waals surface area (Å²) >= 11 is 1.81. The third kappa shape index (κ3) is 3.48. The van der Waals surface area contributed by atoms with E-state index in [1.807, 2.05) is 17.4 Å². The predicted molar refractivity (Wildman–Crippen MR) is 94.6 cm³/mol. The van der Waals surface area contributed by atoms with Crippen LogP contribution in [0.2, 0.25) is 0 Å². The molecule has 1 aliphatic heterocycles. The van der Waals surface area contributed by atoms with Gasteiger partial charge in [0, 0.05) is 11.4 Å². The zero-order chi connectivity index (χ0) is 16.2. The first-order chi connectivity index (χ1) is 11.2. The van der Waals surface area contributed by atoms with Crippen LogP contribution in [0.3, 0.4) is 0 Å². The number of fused-ring (bicyclic) bond motifs is 1. The zero-order valence-corrected chi connectivity index (χ0v) is 14.7. The molecule has 1 aromatic carbocycles. The number of carbonyl (C=O) groups excluding carboxylic acids is 1. The van der Waals surface area contributed by atoms with E-state index >= 15 is 0 Å². The van der Waals surface area contributed by atoms with Crippen molar-refractivity contribution in [1.29, 1.82) is 0 Å². The minimum Gasteiger partial charge on any atom is -0.336 e. The van der Waals surface area contributed by atoms with E-state index in [0.29, 0.717) is 12.6 Å². The molecule has 23 heavy (non-hydrogen) atoms. The lowest BCUT2D eigenvalue weighted by Crippen LogP contribution is -2.91. The number of amides is 1. The molecule has 1 aliphatic rings. The molecular formula is C19H25N2OS+. The SMILES string of the molecule is CC[C@@H](C)[NH2+]CC(=O)N1CCc2sccc2[C@H]1c1ccccc1. The highest BCUT2D eigenvalue weighted by molar-refractivity contribution is 7.10. The Morgan fingerprint density at radius 3 is 2.87 bits per heavy atom. The lowest BCUT2D eigenvalue weighted by molar-refractivity contribution is -0.676. The number of nitrogens with zero attached hydrogens (tertiary/aromatic N) is 1. The summed E-state index contributed by atoms with van der Waals surface area (Å²) in [5.74, 6) is 0.246. The average molecular weight is 329 g/mol. The number of quaternary nitrogens is 1. The highest BCUT2D eigenvalue weighted by Crippen LogP contribution is 2.37. The normalized spacial score (nSPS) is 18.5. The number of nitrogens with two attached hydrogens (primary N) is 1. The maximum atomic E-state index is 12.8. The van der Waals surface area contributed by atoms with Gasteiger partial charge < -0.3 is 10.2 Å². The maximum absolute atomic E-state index is 12.8. The van der Waals surface area contributed by atoms with Crippen molar-refractivity contribution in [3.05, 3.63) is 57.8 Å². The van der Waals surface area contributed by atoms with Crippen LogP contribution in [0.1, 0.15) is 42.3 Å². The number of thiophene rings is 1. The third-order valence-corrected chi connectivity index (χ3v) is 5.74. The molecular weight excluding hydrogens is 304 g/mol. The zero-order valence-electron chi connectivity index (χ0n) is 13.9. The second-order valence-corrected chi connectivity index (χ2v) is 7.28. The largest absolute Gasteiger partial charge is 0.336 e. The molecule has 0 radical (unpaired) electrons. The first-order valence-electron chi connectivity index (χ1n) is 8.44. The van der Waals surface area contributed by atoms with Crippen molar-refractivity contribution in [2.24, 2.45) is 0 Å². The molecule has 0 saturated carbocycles. The van der Waals surface area contributed by atoms with Crippen molar-refractivity contribution in [2.75, 3.05) is 13.1 Å². The van der Waals surface area contributed by atoms with Gasteiger partial charge >= 0.3 is 0 Å². The van der Waals surface area contributed by atoms with Gasteiger partial charge in [0.2, 0.25) is 0 Å².